The lowest BCUT2D eigenvalue weighted by Crippen LogP contribution is -2.64. The van der Waals surface area contributed by atoms with Crippen LogP contribution in [0.25, 0.3) is 0 Å². The Labute approximate surface area is 162 Å². The Kier molecular flexibility index (Phi) is 4.50. The van der Waals surface area contributed by atoms with E-state index in [1.807, 2.05) is 0 Å². The van der Waals surface area contributed by atoms with E-state index in [4.69, 9.17) is 5.73 Å². The number of aromatic nitrogens is 1. The maximum absolute atomic E-state index is 13.0. The van der Waals surface area contributed by atoms with Crippen LogP contribution in [0.2, 0.25) is 0 Å². The van der Waals surface area contributed by atoms with E-state index < -0.39 is 45.7 Å². The third-order valence-electron chi connectivity index (χ3n) is 5.78. The number of sulfonamides is 1. The second-order valence-corrected chi connectivity index (χ2v) is 9.29. The molecule has 4 rings (SSSR count). The van der Waals surface area contributed by atoms with E-state index in [1.165, 1.54) is 29.7 Å². The number of fused-ring (bicyclic) bond motifs is 1. The summed E-state index contributed by atoms with van der Waals surface area (Å²) in [5.74, 6) is -1.65. The molecule has 10 heteroatoms. The summed E-state index contributed by atoms with van der Waals surface area (Å²) in [6, 6.07) is 3.40. The van der Waals surface area contributed by atoms with Crippen LogP contribution >= 0.6 is 0 Å². The van der Waals surface area contributed by atoms with E-state index in [2.05, 4.69) is 4.98 Å². The van der Waals surface area contributed by atoms with Crippen molar-refractivity contribution in [3.63, 3.8) is 0 Å². The predicted octanol–water partition coefficient (Wildman–Crippen LogP) is -0.516. The zero-order chi connectivity index (χ0) is 20.1. The lowest BCUT2D eigenvalue weighted by Gasteiger charge is -2.34. The van der Waals surface area contributed by atoms with Crippen molar-refractivity contribution >= 4 is 27.6 Å². The molecule has 2 saturated heterocycles. The molecule has 3 fully saturated rings. The summed E-state index contributed by atoms with van der Waals surface area (Å²) in [4.78, 5) is 43.1. The largest absolute Gasteiger partial charge is 0.367 e. The molecule has 28 heavy (non-hydrogen) atoms. The molecule has 2 amide bonds. The summed E-state index contributed by atoms with van der Waals surface area (Å²) in [5, 5.41) is -0.215. The van der Waals surface area contributed by atoms with E-state index in [0.29, 0.717) is 12.3 Å². The van der Waals surface area contributed by atoms with E-state index >= 15 is 0 Å². The SMILES string of the molecule is NC(=O)C12C(=O)CN(S(=O)(=O)c3ccccn3)C1CCN2C(=O)[CH]CC1CC1. The molecule has 2 aliphatic heterocycles. The average molecular weight is 405 g/mol. The van der Waals surface area contributed by atoms with Crippen LogP contribution in [-0.2, 0) is 24.4 Å². The first-order valence-electron chi connectivity index (χ1n) is 9.20. The number of hydrogen-bond acceptors (Lipinski definition) is 6. The topological polar surface area (TPSA) is 131 Å². The highest BCUT2D eigenvalue weighted by Crippen LogP contribution is 2.42. The molecule has 9 nitrogen and oxygen atoms in total. The number of nitrogens with two attached hydrogens (primary N) is 1. The Bertz CT molecular complexity index is 931. The normalized spacial score (nSPS) is 27.8. The van der Waals surface area contributed by atoms with Gasteiger partial charge in [0.15, 0.2) is 16.3 Å². The van der Waals surface area contributed by atoms with Crippen molar-refractivity contribution in [2.45, 2.75) is 42.3 Å². The zero-order valence-corrected chi connectivity index (χ0v) is 16.0. The van der Waals surface area contributed by atoms with Crippen molar-refractivity contribution in [1.82, 2.24) is 14.2 Å². The molecular formula is C18H21N4O5S. The van der Waals surface area contributed by atoms with Crippen LogP contribution in [0.4, 0.5) is 0 Å². The van der Waals surface area contributed by atoms with Gasteiger partial charge in [0.25, 0.3) is 15.9 Å². The van der Waals surface area contributed by atoms with Gasteiger partial charge in [-0.3, -0.25) is 14.4 Å². The summed E-state index contributed by atoms with van der Waals surface area (Å²) in [6.07, 6.45) is 5.67. The molecule has 3 aliphatic rings. The number of hydrogen-bond donors (Lipinski definition) is 1. The van der Waals surface area contributed by atoms with E-state index in [1.54, 1.807) is 6.07 Å². The summed E-state index contributed by atoms with van der Waals surface area (Å²) in [6.45, 7) is -0.424. The van der Waals surface area contributed by atoms with Gasteiger partial charge in [-0.15, -0.1) is 0 Å². The van der Waals surface area contributed by atoms with E-state index in [9.17, 15) is 22.8 Å². The molecule has 1 aromatic rings. The summed E-state index contributed by atoms with van der Waals surface area (Å²) in [7, 11) is -4.12. The molecule has 149 valence electrons. The quantitative estimate of drug-likeness (QED) is 0.634. The number of nitrogens with zero attached hydrogens (tertiary/aromatic N) is 3. The number of primary amides is 1. The van der Waals surface area contributed by atoms with Crippen molar-refractivity contribution < 1.29 is 22.8 Å². The number of carbonyl (C=O) groups excluding carboxylic acids is 3. The number of rotatable bonds is 6. The molecule has 2 unspecified atom stereocenters. The minimum atomic E-state index is -4.12. The smallest absolute Gasteiger partial charge is 0.261 e. The predicted molar refractivity (Wildman–Crippen MR) is 96.8 cm³/mol. The van der Waals surface area contributed by atoms with Crippen LogP contribution in [0, 0.1) is 12.3 Å². The van der Waals surface area contributed by atoms with Gasteiger partial charge in [-0.25, -0.2) is 13.4 Å². The number of pyridine rings is 1. The maximum Gasteiger partial charge on any atom is 0.261 e. The third-order valence-corrected chi connectivity index (χ3v) is 7.55. The second-order valence-electron chi connectivity index (χ2n) is 7.45. The molecule has 3 heterocycles. The second kappa shape index (κ2) is 6.63. The highest BCUT2D eigenvalue weighted by molar-refractivity contribution is 7.89. The van der Waals surface area contributed by atoms with Gasteiger partial charge >= 0.3 is 0 Å². The lowest BCUT2D eigenvalue weighted by atomic mass is 9.89. The average Bonchev–Trinajstić information content (AvgIpc) is 3.33. The van der Waals surface area contributed by atoms with Crippen LogP contribution in [0.3, 0.4) is 0 Å². The molecule has 2 N–H and O–H groups in total. The van der Waals surface area contributed by atoms with E-state index in [0.717, 1.165) is 17.1 Å². The molecule has 1 aromatic heterocycles. The van der Waals surface area contributed by atoms with Crippen LogP contribution < -0.4 is 5.73 Å². The van der Waals surface area contributed by atoms with Gasteiger partial charge < -0.3 is 10.6 Å². The Morgan fingerprint density at radius 3 is 2.64 bits per heavy atom. The number of ketones is 1. The highest BCUT2D eigenvalue weighted by atomic mass is 32.2. The highest BCUT2D eigenvalue weighted by Gasteiger charge is 2.68. The maximum atomic E-state index is 13.0. The summed E-state index contributed by atoms with van der Waals surface area (Å²) >= 11 is 0. The first-order chi connectivity index (χ1) is 13.3. The molecular weight excluding hydrogens is 384 g/mol. The van der Waals surface area contributed by atoms with Gasteiger partial charge in [-0.2, -0.15) is 4.31 Å². The molecule has 0 aromatic carbocycles. The van der Waals surface area contributed by atoms with Crippen molar-refractivity contribution in [3.8, 4) is 0 Å². The van der Waals surface area contributed by atoms with Crippen molar-refractivity contribution in [1.29, 1.82) is 0 Å². The summed E-state index contributed by atoms with van der Waals surface area (Å²) < 4.78 is 27.0. The third kappa shape index (κ3) is 2.74. The molecule has 1 saturated carbocycles. The Morgan fingerprint density at radius 1 is 1.29 bits per heavy atom. The number of Topliss-reactive ketones (excluding diaryl/α,β-unsaturated/α-hetero) is 1. The van der Waals surface area contributed by atoms with Crippen molar-refractivity contribution in [2.75, 3.05) is 13.1 Å². The van der Waals surface area contributed by atoms with Crippen LogP contribution in [0.1, 0.15) is 25.7 Å². The van der Waals surface area contributed by atoms with Crippen LogP contribution in [0.15, 0.2) is 29.4 Å². The fourth-order valence-electron chi connectivity index (χ4n) is 4.20. The van der Waals surface area contributed by atoms with E-state index in [-0.39, 0.29) is 18.0 Å². The first-order valence-corrected chi connectivity index (χ1v) is 10.6. The molecule has 1 radical (unpaired) electrons. The standard InChI is InChI=1S/C18H21N4O5S/c19-17(25)18-13(8-10-21(18)16(24)7-6-12-4-5-12)22(11-14(18)23)28(26,27)15-3-1-2-9-20-15/h1-3,7,9,12-13H,4-6,8,10-11H2,(H2,19,25). The Balaban J connectivity index is 1.68. The van der Waals surface area contributed by atoms with Crippen molar-refractivity contribution in [2.24, 2.45) is 11.7 Å². The van der Waals surface area contributed by atoms with Crippen molar-refractivity contribution in [3.05, 3.63) is 30.8 Å². The zero-order valence-electron chi connectivity index (χ0n) is 15.2. The molecule has 1 aliphatic carbocycles. The van der Waals surface area contributed by atoms with Crippen LogP contribution in [0.5, 0.6) is 0 Å². The van der Waals surface area contributed by atoms with Crippen LogP contribution in [-0.4, -0.2) is 64.9 Å². The van der Waals surface area contributed by atoms with Gasteiger partial charge in [0, 0.05) is 12.7 Å². The van der Waals surface area contributed by atoms with Gasteiger partial charge in [-0.1, -0.05) is 18.9 Å². The molecule has 0 spiro atoms. The fraction of sp³-hybridized carbons (Fsp3) is 0.500. The monoisotopic (exact) mass is 405 g/mol. The molecule has 2 atom stereocenters. The minimum Gasteiger partial charge on any atom is -0.367 e. The number of likely N-dealkylation sites (tertiary alicyclic amines) is 1. The fourth-order valence-corrected chi connectivity index (χ4v) is 5.76. The van der Waals surface area contributed by atoms with Gasteiger partial charge in [0.05, 0.1) is 19.0 Å². The Hall–Kier alpha value is -2.33. The number of amides is 2. The summed E-state index contributed by atoms with van der Waals surface area (Å²) in [5.41, 5.74) is 3.64. The van der Waals surface area contributed by atoms with Gasteiger partial charge in [0.2, 0.25) is 5.91 Å². The van der Waals surface area contributed by atoms with Gasteiger partial charge in [-0.05, 0) is 30.9 Å². The minimum absolute atomic E-state index is 0.0909. The molecule has 0 bridgehead atoms. The number of carbonyl (C=O) groups is 3. The lowest BCUT2D eigenvalue weighted by molar-refractivity contribution is -0.147. The Morgan fingerprint density at radius 2 is 2.04 bits per heavy atom. The first kappa shape index (κ1) is 19.0. The van der Waals surface area contributed by atoms with Gasteiger partial charge in [0.1, 0.15) is 0 Å².